The molecule has 0 saturated heterocycles. The summed E-state index contributed by atoms with van der Waals surface area (Å²) in [6.07, 6.45) is 5.16. The van der Waals surface area contributed by atoms with E-state index in [9.17, 15) is 0 Å². The van der Waals surface area contributed by atoms with Gasteiger partial charge in [0, 0.05) is 10.8 Å². The van der Waals surface area contributed by atoms with Crippen molar-refractivity contribution in [3.8, 4) is 18.1 Å². The van der Waals surface area contributed by atoms with Crippen LogP contribution in [0.25, 0.3) is 10.8 Å². The van der Waals surface area contributed by atoms with Crippen LogP contribution in [0.2, 0.25) is 10.0 Å². The molecular weight excluding hydrogens is 243 g/mol. The lowest BCUT2D eigenvalue weighted by molar-refractivity contribution is 0.375. The Balaban J connectivity index is 2.67. The van der Waals surface area contributed by atoms with E-state index >= 15 is 0 Å². The Bertz CT molecular complexity index is 570. The number of terminal acetylenes is 1. The lowest BCUT2D eigenvalue weighted by atomic mass is 10.1. The van der Waals surface area contributed by atoms with Crippen molar-refractivity contribution in [2.24, 2.45) is 0 Å². The van der Waals surface area contributed by atoms with Gasteiger partial charge < -0.3 is 4.74 Å². The Kier molecular flexibility index (Phi) is 3.24. The quantitative estimate of drug-likeness (QED) is 0.728. The van der Waals surface area contributed by atoms with Gasteiger partial charge in [0.1, 0.15) is 12.4 Å². The number of halogens is 2. The molecule has 0 saturated carbocycles. The molecule has 1 nitrogen and oxygen atoms in total. The molecule has 0 aliphatic carbocycles. The highest BCUT2D eigenvalue weighted by Gasteiger charge is 2.10. The number of rotatable bonds is 2. The van der Waals surface area contributed by atoms with E-state index in [2.05, 4.69) is 5.92 Å². The molecule has 0 radical (unpaired) electrons. The Hall–Kier alpha value is -1.36. The summed E-state index contributed by atoms with van der Waals surface area (Å²) in [4.78, 5) is 0. The monoisotopic (exact) mass is 250 g/mol. The molecule has 0 spiro atoms. The second kappa shape index (κ2) is 4.65. The smallest absolute Gasteiger partial charge is 0.148 e. The number of ether oxygens (including phenoxy) is 1. The van der Waals surface area contributed by atoms with E-state index in [1.54, 1.807) is 6.07 Å². The van der Waals surface area contributed by atoms with Crippen molar-refractivity contribution in [1.82, 2.24) is 0 Å². The van der Waals surface area contributed by atoms with Crippen LogP contribution < -0.4 is 4.74 Å². The van der Waals surface area contributed by atoms with Crippen LogP contribution in [-0.4, -0.2) is 6.61 Å². The van der Waals surface area contributed by atoms with Crippen molar-refractivity contribution in [1.29, 1.82) is 0 Å². The average molecular weight is 251 g/mol. The maximum atomic E-state index is 6.09. The van der Waals surface area contributed by atoms with Crippen LogP contribution in [0, 0.1) is 12.3 Å². The Morgan fingerprint density at radius 1 is 1.12 bits per heavy atom. The Morgan fingerprint density at radius 2 is 1.81 bits per heavy atom. The minimum absolute atomic E-state index is 0.186. The molecule has 80 valence electrons. The third kappa shape index (κ3) is 1.95. The summed E-state index contributed by atoms with van der Waals surface area (Å²) in [6, 6.07) is 9.29. The van der Waals surface area contributed by atoms with Gasteiger partial charge in [0.15, 0.2) is 0 Å². The maximum Gasteiger partial charge on any atom is 0.148 e. The van der Waals surface area contributed by atoms with Crippen LogP contribution in [-0.2, 0) is 0 Å². The molecule has 0 unspecified atom stereocenters. The van der Waals surface area contributed by atoms with Crippen LogP contribution in [0.1, 0.15) is 0 Å². The van der Waals surface area contributed by atoms with Gasteiger partial charge in [-0.25, -0.2) is 0 Å². The highest BCUT2D eigenvalue weighted by molar-refractivity contribution is 6.39. The molecule has 2 aromatic carbocycles. The van der Waals surface area contributed by atoms with E-state index in [0.717, 1.165) is 10.8 Å². The molecule has 2 rings (SSSR count). The molecule has 0 aromatic heterocycles. The van der Waals surface area contributed by atoms with Gasteiger partial charge in [-0.15, -0.1) is 6.42 Å². The van der Waals surface area contributed by atoms with Crippen molar-refractivity contribution < 1.29 is 4.74 Å². The van der Waals surface area contributed by atoms with Crippen molar-refractivity contribution >= 4 is 34.0 Å². The van der Waals surface area contributed by atoms with E-state index in [0.29, 0.717) is 15.8 Å². The largest absolute Gasteiger partial charge is 0.479 e. The summed E-state index contributed by atoms with van der Waals surface area (Å²) in [5.74, 6) is 2.99. The van der Waals surface area contributed by atoms with Crippen LogP contribution in [0.4, 0.5) is 0 Å². The number of fused-ring (bicyclic) bond motifs is 1. The van der Waals surface area contributed by atoms with E-state index in [-0.39, 0.29) is 6.61 Å². The van der Waals surface area contributed by atoms with Crippen molar-refractivity contribution in [3.05, 3.63) is 40.4 Å². The normalized spacial score (nSPS) is 10.1. The van der Waals surface area contributed by atoms with Crippen LogP contribution >= 0.6 is 23.2 Å². The van der Waals surface area contributed by atoms with Crippen molar-refractivity contribution in [2.45, 2.75) is 0 Å². The second-order valence-corrected chi connectivity index (χ2v) is 4.02. The van der Waals surface area contributed by atoms with Gasteiger partial charge in [0.2, 0.25) is 0 Å². The summed E-state index contributed by atoms with van der Waals surface area (Å²) in [6.45, 7) is 0.186. The topological polar surface area (TPSA) is 9.23 Å². The summed E-state index contributed by atoms with van der Waals surface area (Å²) < 4.78 is 5.43. The molecule has 0 N–H and O–H groups in total. The summed E-state index contributed by atoms with van der Waals surface area (Å²) in [5.41, 5.74) is 0. The van der Waals surface area contributed by atoms with Gasteiger partial charge in [-0.1, -0.05) is 53.4 Å². The predicted octanol–water partition coefficient (Wildman–Crippen LogP) is 4.16. The molecule has 0 amide bonds. The van der Waals surface area contributed by atoms with E-state index in [1.165, 1.54) is 0 Å². The number of benzene rings is 2. The third-order valence-corrected chi connectivity index (χ3v) is 2.79. The highest BCUT2D eigenvalue weighted by Crippen LogP contribution is 2.37. The van der Waals surface area contributed by atoms with Crippen LogP contribution in [0.3, 0.4) is 0 Å². The van der Waals surface area contributed by atoms with Gasteiger partial charge in [-0.05, 0) is 6.07 Å². The minimum atomic E-state index is 0.186. The van der Waals surface area contributed by atoms with E-state index < -0.39 is 0 Å². The molecule has 0 fully saturated rings. The summed E-state index contributed by atoms with van der Waals surface area (Å²) in [5, 5.41) is 2.85. The molecule has 0 atom stereocenters. The molecule has 3 heteroatoms. The molecule has 16 heavy (non-hydrogen) atoms. The molecule has 0 heterocycles. The van der Waals surface area contributed by atoms with Crippen LogP contribution in [0.15, 0.2) is 30.3 Å². The highest BCUT2D eigenvalue weighted by atomic mass is 35.5. The van der Waals surface area contributed by atoms with Gasteiger partial charge in [0.05, 0.1) is 10.0 Å². The predicted molar refractivity (Wildman–Crippen MR) is 68.3 cm³/mol. The third-order valence-electron chi connectivity index (χ3n) is 2.20. The average Bonchev–Trinajstić information content (AvgIpc) is 2.29. The van der Waals surface area contributed by atoms with Gasteiger partial charge in [0.25, 0.3) is 0 Å². The molecule has 2 aromatic rings. The fourth-order valence-corrected chi connectivity index (χ4v) is 2.13. The molecule has 0 bridgehead atoms. The Labute approximate surface area is 104 Å². The standard InChI is InChI=1S/C13H8Cl2O/c1-2-7-16-13-10-6-4-3-5-9(10)11(14)8-12(13)15/h1,3-6,8H,7H2. The molecular formula is C13H8Cl2O. The van der Waals surface area contributed by atoms with Gasteiger partial charge >= 0.3 is 0 Å². The lowest BCUT2D eigenvalue weighted by Crippen LogP contribution is -1.95. The number of hydrogen-bond donors (Lipinski definition) is 0. The molecule has 0 aliphatic rings. The fourth-order valence-electron chi connectivity index (χ4n) is 1.53. The van der Waals surface area contributed by atoms with Gasteiger partial charge in [-0.3, -0.25) is 0 Å². The summed E-state index contributed by atoms with van der Waals surface area (Å²) >= 11 is 12.2. The van der Waals surface area contributed by atoms with Gasteiger partial charge in [-0.2, -0.15) is 0 Å². The number of hydrogen-bond acceptors (Lipinski definition) is 1. The second-order valence-electron chi connectivity index (χ2n) is 3.21. The zero-order valence-corrected chi connectivity index (χ0v) is 9.85. The summed E-state index contributed by atoms with van der Waals surface area (Å²) in [7, 11) is 0. The first-order valence-electron chi connectivity index (χ1n) is 4.67. The van der Waals surface area contributed by atoms with E-state index in [1.807, 2.05) is 24.3 Å². The zero-order valence-electron chi connectivity index (χ0n) is 8.34. The van der Waals surface area contributed by atoms with Crippen molar-refractivity contribution in [2.75, 3.05) is 6.61 Å². The van der Waals surface area contributed by atoms with E-state index in [4.69, 9.17) is 34.4 Å². The first-order valence-corrected chi connectivity index (χ1v) is 5.42. The van der Waals surface area contributed by atoms with Crippen molar-refractivity contribution in [3.63, 3.8) is 0 Å². The first kappa shape index (κ1) is 11.1. The van der Waals surface area contributed by atoms with Crippen LogP contribution in [0.5, 0.6) is 5.75 Å². The SMILES string of the molecule is C#CCOc1c(Cl)cc(Cl)c2ccccc12. The Morgan fingerprint density at radius 3 is 2.50 bits per heavy atom. The first-order chi connectivity index (χ1) is 7.74. The minimum Gasteiger partial charge on any atom is -0.479 e. The zero-order chi connectivity index (χ0) is 11.5. The maximum absolute atomic E-state index is 6.09. The lowest BCUT2D eigenvalue weighted by Gasteiger charge is -2.10. The molecule has 0 aliphatic heterocycles. The fraction of sp³-hybridized carbons (Fsp3) is 0.0769.